The van der Waals surface area contributed by atoms with Crippen LogP contribution in [-0.2, 0) is 12.6 Å². The summed E-state index contributed by atoms with van der Waals surface area (Å²) in [5.41, 5.74) is -0.170. The van der Waals surface area contributed by atoms with Gasteiger partial charge >= 0.3 is 6.18 Å². The van der Waals surface area contributed by atoms with Crippen LogP contribution in [0.1, 0.15) is 44.0 Å². The summed E-state index contributed by atoms with van der Waals surface area (Å²) in [4.78, 5) is 28.3. The standard InChI is InChI=1S/C23H18F4N2O2S/c24-18-9-6-15(13-17(18)23(25,26)27)21(30)28-16-7-4-14(5-8-16)22(31)29-11-2-1-3-20-19(29)10-12-32-20/h4-10,12-13H,1-3,11H2,(H,28,30). The highest BCUT2D eigenvalue weighted by Crippen LogP contribution is 2.33. The van der Waals surface area contributed by atoms with Crippen LogP contribution >= 0.6 is 11.3 Å². The van der Waals surface area contributed by atoms with E-state index in [4.69, 9.17) is 0 Å². The van der Waals surface area contributed by atoms with Gasteiger partial charge < -0.3 is 10.2 Å². The summed E-state index contributed by atoms with van der Waals surface area (Å²) in [6.45, 7) is 0.618. The van der Waals surface area contributed by atoms with Crippen molar-refractivity contribution in [3.63, 3.8) is 0 Å². The topological polar surface area (TPSA) is 49.4 Å². The van der Waals surface area contributed by atoms with E-state index in [1.54, 1.807) is 28.4 Å². The van der Waals surface area contributed by atoms with Crippen molar-refractivity contribution in [1.29, 1.82) is 0 Å². The number of hydrogen-bond donors (Lipinski definition) is 1. The van der Waals surface area contributed by atoms with E-state index >= 15 is 0 Å². The van der Waals surface area contributed by atoms with Crippen LogP contribution in [0.2, 0.25) is 0 Å². The number of thiophene rings is 1. The van der Waals surface area contributed by atoms with Crippen LogP contribution in [0.25, 0.3) is 0 Å². The van der Waals surface area contributed by atoms with Crippen LogP contribution in [-0.4, -0.2) is 18.4 Å². The Morgan fingerprint density at radius 2 is 1.69 bits per heavy atom. The molecule has 1 N–H and O–H groups in total. The third-order valence-electron chi connectivity index (χ3n) is 5.22. The van der Waals surface area contributed by atoms with Gasteiger partial charge in [-0.1, -0.05) is 0 Å². The first-order valence-corrected chi connectivity index (χ1v) is 10.8. The summed E-state index contributed by atoms with van der Waals surface area (Å²) in [5.74, 6) is -2.41. The predicted molar refractivity (Wildman–Crippen MR) is 115 cm³/mol. The van der Waals surface area contributed by atoms with E-state index < -0.39 is 23.5 Å². The highest BCUT2D eigenvalue weighted by molar-refractivity contribution is 7.10. The Hall–Kier alpha value is -3.20. The molecule has 2 aromatic carbocycles. The zero-order chi connectivity index (χ0) is 22.9. The van der Waals surface area contributed by atoms with Gasteiger partial charge in [-0.25, -0.2) is 4.39 Å². The molecule has 0 aliphatic carbocycles. The van der Waals surface area contributed by atoms with Gasteiger partial charge in [-0.2, -0.15) is 13.2 Å². The molecule has 166 valence electrons. The third-order valence-corrected chi connectivity index (χ3v) is 6.19. The fraction of sp³-hybridized carbons (Fsp3) is 0.217. The molecule has 1 aliphatic rings. The number of carbonyl (C=O) groups is 2. The lowest BCUT2D eigenvalue weighted by Crippen LogP contribution is -2.31. The molecule has 1 aromatic heterocycles. The second kappa shape index (κ2) is 8.74. The van der Waals surface area contributed by atoms with Gasteiger partial charge in [-0.3, -0.25) is 9.59 Å². The van der Waals surface area contributed by atoms with Gasteiger partial charge in [0.15, 0.2) is 0 Å². The molecule has 2 heterocycles. The fourth-order valence-corrected chi connectivity index (χ4v) is 4.51. The maximum atomic E-state index is 13.4. The van der Waals surface area contributed by atoms with E-state index in [1.165, 1.54) is 17.0 Å². The monoisotopic (exact) mass is 462 g/mol. The number of rotatable bonds is 3. The number of amides is 2. The highest BCUT2D eigenvalue weighted by Gasteiger charge is 2.34. The first kappa shape index (κ1) is 22.0. The van der Waals surface area contributed by atoms with Crippen molar-refractivity contribution in [1.82, 2.24) is 0 Å². The fourth-order valence-electron chi connectivity index (χ4n) is 3.59. The third kappa shape index (κ3) is 4.52. The van der Waals surface area contributed by atoms with Crippen LogP contribution in [0.3, 0.4) is 0 Å². The van der Waals surface area contributed by atoms with E-state index in [2.05, 4.69) is 5.32 Å². The smallest absolute Gasteiger partial charge is 0.322 e. The summed E-state index contributed by atoms with van der Waals surface area (Å²) in [6, 6.07) is 10.1. The molecule has 0 saturated carbocycles. The quantitative estimate of drug-likeness (QED) is 0.475. The normalized spacial score (nSPS) is 13.9. The van der Waals surface area contributed by atoms with Gasteiger partial charge in [0.2, 0.25) is 0 Å². The van der Waals surface area contributed by atoms with Gasteiger partial charge in [-0.05, 0) is 73.2 Å². The lowest BCUT2D eigenvalue weighted by Gasteiger charge is -2.21. The Morgan fingerprint density at radius 3 is 2.41 bits per heavy atom. The molecule has 2 amide bonds. The van der Waals surface area contributed by atoms with Crippen LogP contribution in [0.5, 0.6) is 0 Å². The molecule has 0 fully saturated rings. The van der Waals surface area contributed by atoms with Crippen molar-refractivity contribution in [2.45, 2.75) is 25.4 Å². The number of alkyl halides is 3. The zero-order valence-electron chi connectivity index (χ0n) is 16.7. The molecule has 4 nitrogen and oxygen atoms in total. The average Bonchev–Trinajstić information content (AvgIpc) is 3.12. The summed E-state index contributed by atoms with van der Waals surface area (Å²) < 4.78 is 52.1. The number of anilines is 2. The first-order valence-electron chi connectivity index (χ1n) is 9.90. The summed E-state index contributed by atoms with van der Waals surface area (Å²) in [6.07, 6.45) is -2.04. The number of fused-ring (bicyclic) bond motifs is 1. The van der Waals surface area contributed by atoms with Gasteiger partial charge in [0.25, 0.3) is 11.8 Å². The van der Waals surface area contributed by atoms with E-state index in [0.717, 1.165) is 31.0 Å². The largest absolute Gasteiger partial charge is 0.419 e. The lowest BCUT2D eigenvalue weighted by atomic mass is 10.1. The second-order valence-electron chi connectivity index (χ2n) is 7.37. The maximum Gasteiger partial charge on any atom is 0.419 e. The minimum Gasteiger partial charge on any atom is -0.322 e. The maximum absolute atomic E-state index is 13.4. The van der Waals surface area contributed by atoms with Crippen LogP contribution < -0.4 is 10.2 Å². The zero-order valence-corrected chi connectivity index (χ0v) is 17.5. The van der Waals surface area contributed by atoms with Crippen molar-refractivity contribution < 1.29 is 27.2 Å². The van der Waals surface area contributed by atoms with Crippen LogP contribution in [0, 0.1) is 5.82 Å². The predicted octanol–water partition coefficient (Wildman–Crippen LogP) is 6.14. The highest BCUT2D eigenvalue weighted by atomic mass is 32.1. The molecule has 0 spiro atoms. The molecule has 32 heavy (non-hydrogen) atoms. The molecular formula is C23H18F4N2O2S. The molecule has 0 unspecified atom stereocenters. The van der Waals surface area contributed by atoms with Gasteiger partial charge in [0, 0.05) is 28.2 Å². The van der Waals surface area contributed by atoms with Gasteiger partial charge in [0.1, 0.15) is 5.82 Å². The van der Waals surface area contributed by atoms with E-state index in [1.807, 2.05) is 11.4 Å². The van der Waals surface area contributed by atoms with Gasteiger partial charge in [-0.15, -0.1) is 11.3 Å². The Kier molecular flexibility index (Phi) is 6.01. The molecule has 9 heteroatoms. The number of hydrogen-bond acceptors (Lipinski definition) is 3. The Bertz CT molecular complexity index is 1160. The molecule has 0 bridgehead atoms. The number of benzene rings is 2. The summed E-state index contributed by atoms with van der Waals surface area (Å²) >= 11 is 1.63. The van der Waals surface area contributed by atoms with Crippen LogP contribution in [0.15, 0.2) is 53.9 Å². The molecule has 3 aromatic rings. The molecule has 4 rings (SSSR count). The minimum absolute atomic E-state index is 0.155. The van der Waals surface area contributed by atoms with E-state index in [0.29, 0.717) is 29.9 Å². The molecular weight excluding hydrogens is 444 g/mol. The Balaban J connectivity index is 1.49. The van der Waals surface area contributed by atoms with Crippen molar-refractivity contribution >= 4 is 34.5 Å². The number of aryl methyl sites for hydroxylation is 1. The molecule has 0 radical (unpaired) electrons. The van der Waals surface area contributed by atoms with Crippen molar-refractivity contribution in [3.05, 3.63) is 81.3 Å². The Morgan fingerprint density at radius 1 is 0.969 bits per heavy atom. The number of carbonyl (C=O) groups excluding carboxylic acids is 2. The second-order valence-corrected chi connectivity index (χ2v) is 8.37. The van der Waals surface area contributed by atoms with E-state index in [9.17, 15) is 27.2 Å². The molecule has 1 aliphatic heterocycles. The van der Waals surface area contributed by atoms with Crippen molar-refractivity contribution in [3.8, 4) is 0 Å². The number of halogens is 4. The summed E-state index contributed by atoms with van der Waals surface area (Å²) in [5, 5.41) is 4.44. The Labute approximate surface area is 185 Å². The van der Waals surface area contributed by atoms with Crippen molar-refractivity contribution in [2.75, 3.05) is 16.8 Å². The number of nitrogens with one attached hydrogen (secondary N) is 1. The van der Waals surface area contributed by atoms with E-state index in [-0.39, 0.29) is 11.5 Å². The molecule has 0 saturated heterocycles. The lowest BCUT2D eigenvalue weighted by molar-refractivity contribution is -0.140. The van der Waals surface area contributed by atoms with Crippen LogP contribution in [0.4, 0.5) is 28.9 Å². The number of nitrogens with zero attached hydrogens (tertiary/aromatic N) is 1. The van der Waals surface area contributed by atoms with Gasteiger partial charge in [0.05, 0.1) is 11.3 Å². The SMILES string of the molecule is O=C(Nc1ccc(C(=O)N2CCCCc3sccc32)cc1)c1ccc(F)c(C(F)(F)F)c1. The van der Waals surface area contributed by atoms with Crippen molar-refractivity contribution in [2.24, 2.45) is 0 Å². The average molecular weight is 462 g/mol. The minimum atomic E-state index is -4.90. The summed E-state index contributed by atoms with van der Waals surface area (Å²) in [7, 11) is 0. The first-order chi connectivity index (χ1) is 15.2. The molecule has 0 atom stereocenters.